The minimum absolute atomic E-state index is 0.256. The molecule has 2 nitrogen and oxygen atoms in total. The number of thioether (sulfide) groups is 1. The van der Waals surface area contributed by atoms with Crippen molar-refractivity contribution in [2.45, 2.75) is 23.2 Å². The fourth-order valence-corrected chi connectivity index (χ4v) is 2.63. The number of carbonyl (C=O) groups excluding carboxylic acids is 1. The molecule has 0 bridgehead atoms. The summed E-state index contributed by atoms with van der Waals surface area (Å²) in [4.78, 5) is 13.0. The van der Waals surface area contributed by atoms with Crippen molar-refractivity contribution in [1.29, 1.82) is 0 Å². The molecule has 0 heterocycles. The van der Waals surface area contributed by atoms with Crippen molar-refractivity contribution < 1.29 is 18.0 Å². The topological polar surface area (TPSA) is 29.1 Å². The highest BCUT2D eigenvalue weighted by Crippen LogP contribution is 2.30. The van der Waals surface area contributed by atoms with Gasteiger partial charge in [-0.3, -0.25) is 4.79 Å². The molecule has 2 aromatic carbocycles. The van der Waals surface area contributed by atoms with E-state index in [0.29, 0.717) is 5.69 Å². The van der Waals surface area contributed by atoms with Crippen LogP contribution in [-0.2, 0) is 11.0 Å². The highest BCUT2D eigenvalue weighted by Gasteiger charge is 2.30. The van der Waals surface area contributed by atoms with Crippen LogP contribution in [0.15, 0.2) is 59.5 Å². The average molecular weight is 325 g/mol. The third-order valence-corrected chi connectivity index (χ3v) is 4.02. The predicted molar refractivity (Wildman–Crippen MR) is 81.8 cm³/mol. The fraction of sp³-hybridized carbons (Fsp3) is 0.188. The third-order valence-electron chi connectivity index (χ3n) is 2.91. The molecule has 6 heteroatoms. The van der Waals surface area contributed by atoms with E-state index in [4.69, 9.17) is 0 Å². The molecule has 0 saturated carbocycles. The van der Waals surface area contributed by atoms with Crippen molar-refractivity contribution in [3.05, 3.63) is 60.2 Å². The molecule has 0 aliphatic carbocycles. The minimum Gasteiger partial charge on any atom is -0.325 e. The lowest BCUT2D eigenvalue weighted by Crippen LogP contribution is -2.22. The van der Waals surface area contributed by atoms with Crippen LogP contribution in [0.3, 0.4) is 0 Å². The van der Waals surface area contributed by atoms with Gasteiger partial charge >= 0.3 is 6.18 Å². The molecule has 2 aromatic rings. The Bertz CT molecular complexity index is 626. The van der Waals surface area contributed by atoms with Gasteiger partial charge in [-0.25, -0.2) is 0 Å². The van der Waals surface area contributed by atoms with E-state index in [-0.39, 0.29) is 11.2 Å². The summed E-state index contributed by atoms with van der Waals surface area (Å²) in [7, 11) is 0. The van der Waals surface area contributed by atoms with Gasteiger partial charge in [0.15, 0.2) is 0 Å². The fourth-order valence-electron chi connectivity index (χ4n) is 1.74. The lowest BCUT2D eigenvalue weighted by atomic mass is 10.2. The number of nitrogens with one attached hydrogen (secondary N) is 1. The molecule has 0 saturated heterocycles. The molecule has 1 N–H and O–H groups in total. The Balaban J connectivity index is 1.96. The number of alkyl halides is 3. The molecule has 116 valence electrons. The molecule has 0 spiro atoms. The largest absolute Gasteiger partial charge is 0.416 e. The molecule has 0 aromatic heterocycles. The molecular weight excluding hydrogens is 311 g/mol. The number of hydrogen-bond donors (Lipinski definition) is 1. The Morgan fingerprint density at radius 1 is 1.05 bits per heavy atom. The zero-order valence-electron chi connectivity index (χ0n) is 11.7. The van der Waals surface area contributed by atoms with Gasteiger partial charge in [-0.15, -0.1) is 11.8 Å². The van der Waals surface area contributed by atoms with E-state index in [1.54, 1.807) is 6.92 Å². The first kappa shape index (κ1) is 16.4. The lowest BCUT2D eigenvalue weighted by molar-refractivity contribution is -0.137. The summed E-state index contributed by atoms with van der Waals surface area (Å²) in [5, 5.41) is 2.26. The second-order valence-electron chi connectivity index (χ2n) is 4.64. The van der Waals surface area contributed by atoms with Gasteiger partial charge in [0.05, 0.1) is 10.8 Å². The molecule has 0 aliphatic heterocycles. The third kappa shape index (κ3) is 4.53. The van der Waals surface area contributed by atoms with Gasteiger partial charge in [0.25, 0.3) is 0 Å². The van der Waals surface area contributed by atoms with Gasteiger partial charge in [0.2, 0.25) is 5.91 Å². The van der Waals surface area contributed by atoms with E-state index >= 15 is 0 Å². The summed E-state index contributed by atoms with van der Waals surface area (Å²) in [6.45, 7) is 1.75. The molecule has 1 amide bonds. The van der Waals surface area contributed by atoms with Gasteiger partial charge in [-0.05, 0) is 43.3 Å². The lowest BCUT2D eigenvalue weighted by Gasteiger charge is -2.13. The molecule has 2 rings (SSSR count). The number of anilines is 1. The van der Waals surface area contributed by atoms with Crippen LogP contribution in [0.5, 0.6) is 0 Å². The Morgan fingerprint density at radius 2 is 1.64 bits per heavy atom. The van der Waals surface area contributed by atoms with Crippen molar-refractivity contribution in [3.8, 4) is 0 Å². The first-order valence-corrected chi connectivity index (χ1v) is 7.44. The number of rotatable bonds is 4. The number of amides is 1. The van der Waals surface area contributed by atoms with Crippen molar-refractivity contribution in [2.75, 3.05) is 5.32 Å². The smallest absolute Gasteiger partial charge is 0.325 e. The number of halogens is 3. The summed E-state index contributed by atoms with van der Waals surface area (Å²) in [5.41, 5.74) is -0.393. The van der Waals surface area contributed by atoms with Gasteiger partial charge in [0, 0.05) is 10.6 Å². The van der Waals surface area contributed by atoms with Gasteiger partial charge in [0.1, 0.15) is 0 Å². The van der Waals surface area contributed by atoms with Crippen LogP contribution in [0.1, 0.15) is 12.5 Å². The number of carbonyl (C=O) groups is 1. The van der Waals surface area contributed by atoms with E-state index in [9.17, 15) is 18.0 Å². The maximum atomic E-state index is 12.5. The van der Waals surface area contributed by atoms with E-state index in [1.165, 1.54) is 23.9 Å². The van der Waals surface area contributed by atoms with Crippen LogP contribution in [0.4, 0.5) is 18.9 Å². The van der Waals surface area contributed by atoms with Crippen LogP contribution in [0.25, 0.3) is 0 Å². The second kappa shape index (κ2) is 6.87. The molecule has 0 fully saturated rings. The molecule has 0 aliphatic rings. The van der Waals surface area contributed by atoms with Crippen molar-refractivity contribution in [3.63, 3.8) is 0 Å². The van der Waals surface area contributed by atoms with Crippen LogP contribution < -0.4 is 5.32 Å². The quantitative estimate of drug-likeness (QED) is 0.816. The van der Waals surface area contributed by atoms with Crippen LogP contribution >= 0.6 is 11.8 Å². The second-order valence-corrected chi connectivity index (χ2v) is 6.05. The van der Waals surface area contributed by atoms with Gasteiger partial charge in [-0.1, -0.05) is 18.2 Å². The Morgan fingerprint density at radius 3 is 2.18 bits per heavy atom. The van der Waals surface area contributed by atoms with Crippen LogP contribution in [-0.4, -0.2) is 11.2 Å². The van der Waals surface area contributed by atoms with Crippen molar-refractivity contribution >= 4 is 23.4 Å². The summed E-state index contributed by atoms with van der Waals surface area (Å²) in [6.07, 6.45) is -4.38. The summed E-state index contributed by atoms with van der Waals surface area (Å²) in [5.74, 6) is -0.256. The molecular formula is C16H14F3NOS. The van der Waals surface area contributed by atoms with Crippen LogP contribution in [0, 0.1) is 0 Å². The predicted octanol–water partition coefficient (Wildman–Crippen LogP) is 4.82. The van der Waals surface area contributed by atoms with Crippen LogP contribution in [0.2, 0.25) is 0 Å². The summed E-state index contributed by atoms with van der Waals surface area (Å²) in [6, 6.07) is 13.8. The SMILES string of the molecule is CC(Sc1ccccc1)C(=O)Nc1ccc(C(F)(F)F)cc1. The number of hydrogen-bond acceptors (Lipinski definition) is 2. The van der Waals surface area contributed by atoms with Gasteiger partial charge < -0.3 is 5.32 Å². The first-order chi connectivity index (χ1) is 10.4. The normalized spacial score (nSPS) is 12.7. The molecule has 1 unspecified atom stereocenters. The molecule has 1 atom stereocenters. The van der Waals surface area contributed by atoms with E-state index in [2.05, 4.69) is 5.32 Å². The zero-order valence-corrected chi connectivity index (χ0v) is 12.5. The summed E-state index contributed by atoms with van der Waals surface area (Å²) < 4.78 is 37.4. The average Bonchev–Trinajstić information content (AvgIpc) is 2.48. The Hall–Kier alpha value is -1.95. The van der Waals surface area contributed by atoms with Crippen molar-refractivity contribution in [2.24, 2.45) is 0 Å². The minimum atomic E-state index is -4.38. The highest BCUT2D eigenvalue weighted by atomic mass is 32.2. The monoisotopic (exact) mass is 325 g/mol. The maximum Gasteiger partial charge on any atom is 0.416 e. The maximum absolute atomic E-state index is 12.5. The van der Waals surface area contributed by atoms with E-state index in [1.807, 2.05) is 30.3 Å². The standard InChI is InChI=1S/C16H14F3NOS/c1-11(22-14-5-3-2-4-6-14)15(21)20-13-9-7-12(8-10-13)16(17,18)19/h2-11H,1H3,(H,20,21). The Labute approximate surface area is 130 Å². The molecule has 22 heavy (non-hydrogen) atoms. The number of benzene rings is 2. The van der Waals surface area contributed by atoms with E-state index in [0.717, 1.165) is 17.0 Å². The molecule has 0 radical (unpaired) electrons. The summed E-state index contributed by atoms with van der Waals surface area (Å²) >= 11 is 1.39. The van der Waals surface area contributed by atoms with Crippen molar-refractivity contribution in [1.82, 2.24) is 0 Å². The zero-order chi connectivity index (χ0) is 16.2. The Kier molecular flexibility index (Phi) is 5.13. The first-order valence-electron chi connectivity index (χ1n) is 6.56. The van der Waals surface area contributed by atoms with E-state index < -0.39 is 11.7 Å². The van der Waals surface area contributed by atoms with Gasteiger partial charge in [-0.2, -0.15) is 13.2 Å². The highest BCUT2D eigenvalue weighted by molar-refractivity contribution is 8.00.